The number of hydrogen-bond donors (Lipinski definition) is 0. The van der Waals surface area contributed by atoms with Crippen LogP contribution in [0.25, 0.3) is 0 Å². The van der Waals surface area contributed by atoms with Gasteiger partial charge in [-0.25, -0.2) is 4.18 Å². The van der Waals surface area contributed by atoms with Crippen LogP contribution in [0.2, 0.25) is 5.02 Å². The first-order valence-electron chi connectivity index (χ1n) is 9.47. The first kappa shape index (κ1) is 22.3. The first-order valence-corrected chi connectivity index (χ1v) is 11.3. The Morgan fingerprint density at radius 3 is 2.40 bits per heavy atom. The van der Waals surface area contributed by atoms with Crippen LogP contribution in [0.5, 0.6) is 5.75 Å². The quantitative estimate of drug-likeness (QED) is 0.238. The monoisotopic (exact) mass is 446 g/mol. The lowest BCUT2D eigenvalue weighted by molar-refractivity contribution is -0.0199. The molecule has 1 atom stereocenters. The summed E-state index contributed by atoms with van der Waals surface area (Å²) in [5, 5.41) is 0.0899. The van der Waals surface area contributed by atoms with E-state index in [2.05, 4.69) is 0 Å². The van der Waals surface area contributed by atoms with Crippen LogP contribution in [-0.4, -0.2) is 21.3 Å². The predicted octanol–water partition coefficient (Wildman–Crippen LogP) is 5.37. The van der Waals surface area contributed by atoms with E-state index in [4.69, 9.17) is 25.3 Å². The smallest absolute Gasteiger partial charge is 0.301 e. The maximum absolute atomic E-state index is 12.7. The molecule has 5 nitrogen and oxygen atoms in total. The van der Waals surface area contributed by atoms with Gasteiger partial charge in [-0.05, 0) is 42.3 Å². The average molecular weight is 447 g/mol. The van der Waals surface area contributed by atoms with Crippen molar-refractivity contribution in [1.82, 2.24) is 0 Å². The molecule has 0 N–H and O–H groups in total. The standard InChI is InChI=1S/C23H23ClO5S/c1-18-8-7-11-20(16-18)28-23(14-15-27-17-19-9-3-2-4-10-19)29-30(25,26)22-13-6-5-12-21(22)24/h2-13,16,23H,14-15,17H2,1H3. The van der Waals surface area contributed by atoms with E-state index in [0.29, 0.717) is 12.4 Å². The van der Waals surface area contributed by atoms with Gasteiger partial charge in [0.15, 0.2) is 0 Å². The number of hydrogen-bond acceptors (Lipinski definition) is 5. The van der Waals surface area contributed by atoms with Crippen molar-refractivity contribution in [3.63, 3.8) is 0 Å². The Labute approximate surface area is 182 Å². The third kappa shape index (κ3) is 6.57. The van der Waals surface area contributed by atoms with Crippen LogP contribution in [0.15, 0.2) is 83.8 Å². The van der Waals surface area contributed by atoms with Gasteiger partial charge in [0.2, 0.25) is 6.29 Å². The van der Waals surface area contributed by atoms with E-state index in [-0.39, 0.29) is 22.9 Å². The van der Waals surface area contributed by atoms with Crippen LogP contribution in [0.3, 0.4) is 0 Å². The van der Waals surface area contributed by atoms with Crippen molar-refractivity contribution in [3.8, 4) is 5.75 Å². The van der Waals surface area contributed by atoms with Gasteiger partial charge >= 0.3 is 10.1 Å². The van der Waals surface area contributed by atoms with E-state index >= 15 is 0 Å². The summed E-state index contributed by atoms with van der Waals surface area (Å²) >= 11 is 6.04. The molecule has 0 aliphatic heterocycles. The molecule has 0 aromatic heterocycles. The molecule has 0 spiro atoms. The number of rotatable bonds is 10. The summed E-state index contributed by atoms with van der Waals surface area (Å²) in [5.74, 6) is 0.511. The van der Waals surface area contributed by atoms with E-state index in [1.54, 1.807) is 18.2 Å². The average Bonchev–Trinajstić information content (AvgIpc) is 2.72. The topological polar surface area (TPSA) is 61.8 Å². The SMILES string of the molecule is Cc1cccc(OC(CCOCc2ccccc2)OS(=O)(=O)c2ccccc2Cl)c1. The van der Waals surface area contributed by atoms with Crippen LogP contribution >= 0.6 is 11.6 Å². The highest BCUT2D eigenvalue weighted by Gasteiger charge is 2.25. The van der Waals surface area contributed by atoms with Gasteiger partial charge in [-0.3, -0.25) is 0 Å². The molecule has 158 valence electrons. The molecule has 0 aliphatic carbocycles. The fourth-order valence-electron chi connectivity index (χ4n) is 2.75. The Morgan fingerprint density at radius 2 is 1.67 bits per heavy atom. The normalized spacial score (nSPS) is 12.5. The van der Waals surface area contributed by atoms with Crippen molar-refractivity contribution >= 4 is 21.7 Å². The molecule has 0 bridgehead atoms. The number of halogens is 1. The molecule has 0 amide bonds. The van der Waals surface area contributed by atoms with Gasteiger partial charge < -0.3 is 9.47 Å². The summed E-state index contributed by atoms with van der Waals surface area (Å²) in [6.07, 6.45) is -0.853. The molecule has 0 radical (unpaired) electrons. The van der Waals surface area contributed by atoms with Gasteiger partial charge in [-0.15, -0.1) is 0 Å². The van der Waals surface area contributed by atoms with Crippen molar-refractivity contribution in [2.75, 3.05) is 6.61 Å². The second-order valence-corrected chi connectivity index (χ2v) is 8.62. The fourth-order valence-corrected chi connectivity index (χ4v) is 4.24. The molecule has 30 heavy (non-hydrogen) atoms. The Balaban J connectivity index is 1.69. The van der Waals surface area contributed by atoms with E-state index < -0.39 is 16.4 Å². The van der Waals surface area contributed by atoms with E-state index in [1.807, 2.05) is 55.5 Å². The number of benzene rings is 3. The summed E-state index contributed by atoms with van der Waals surface area (Å²) in [5.41, 5.74) is 2.01. The molecule has 0 heterocycles. The summed E-state index contributed by atoms with van der Waals surface area (Å²) in [6, 6.07) is 23.2. The second-order valence-electron chi connectivity index (χ2n) is 6.67. The van der Waals surface area contributed by atoms with Crippen molar-refractivity contribution in [3.05, 3.63) is 95.0 Å². The van der Waals surface area contributed by atoms with Gasteiger partial charge in [0.25, 0.3) is 0 Å². The maximum Gasteiger partial charge on any atom is 0.301 e. The highest BCUT2D eigenvalue weighted by molar-refractivity contribution is 7.86. The van der Waals surface area contributed by atoms with Gasteiger partial charge in [-0.1, -0.05) is 66.2 Å². The van der Waals surface area contributed by atoms with Crippen LogP contribution < -0.4 is 4.74 Å². The summed E-state index contributed by atoms with van der Waals surface area (Å²) in [4.78, 5) is -0.102. The Kier molecular flexibility index (Phi) is 7.87. The summed E-state index contributed by atoms with van der Waals surface area (Å²) in [6.45, 7) is 2.59. The zero-order chi connectivity index (χ0) is 21.4. The minimum absolute atomic E-state index is 0.0899. The Morgan fingerprint density at radius 1 is 0.933 bits per heavy atom. The fraction of sp³-hybridized carbons (Fsp3) is 0.217. The van der Waals surface area contributed by atoms with Crippen molar-refractivity contribution in [2.45, 2.75) is 31.1 Å². The maximum atomic E-state index is 12.7. The van der Waals surface area contributed by atoms with E-state index in [9.17, 15) is 8.42 Å². The molecule has 0 aliphatic rings. The zero-order valence-electron chi connectivity index (χ0n) is 16.5. The predicted molar refractivity (Wildman–Crippen MR) is 116 cm³/mol. The highest BCUT2D eigenvalue weighted by Crippen LogP contribution is 2.25. The lowest BCUT2D eigenvalue weighted by Crippen LogP contribution is -2.26. The molecule has 3 aromatic rings. The molecule has 0 saturated carbocycles. The molecular weight excluding hydrogens is 424 g/mol. The minimum Gasteiger partial charge on any atom is -0.464 e. The van der Waals surface area contributed by atoms with Gasteiger partial charge in [0.05, 0.1) is 18.2 Å². The zero-order valence-corrected chi connectivity index (χ0v) is 18.1. The van der Waals surface area contributed by atoms with Crippen LogP contribution in [0, 0.1) is 6.92 Å². The lowest BCUT2D eigenvalue weighted by Gasteiger charge is -2.20. The number of ether oxygens (including phenoxy) is 2. The molecule has 3 aromatic carbocycles. The Bertz CT molecular complexity index is 1050. The van der Waals surface area contributed by atoms with Crippen molar-refractivity contribution in [1.29, 1.82) is 0 Å². The third-order valence-electron chi connectivity index (χ3n) is 4.21. The molecule has 0 fully saturated rings. The molecule has 0 saturated heterocycles. The number of aryl methyl sites for hydroxylation is 1. The third-order valence-corrected chi connectivity index (χ3v) is 6.01. The van der Waals surface area contributed by atoms with Gasteiger partial charge in [0.1, 0.15) is 10.6 Å². The highest BCUT2D eigenvalue weighted by atomic mass is 35.5. The second kappa shape index (κ2) is 10.6. The van der Waals surface area contributed by atoms with Crippen molar-refractivity contribution < 1.29 is 22.1 Å². The van der Waals surface area contributed by atoms with E-state index in [0.717, 1.165) is 11.1 Å². The molecule has 7 heteroatoms. The molecule has 1 unspecified atom stereocenters. The minimum atomic E-state index is -4.12. The van der Waals surface area contributed by atoms with E-state index in [1.165, 1.54) is 12.1 Å². The summed E-state index contributed by atoms with van der Waals surface area (Å²) in [7, 11) is -4.12. The first-order chi connectivity index (χ1) is 14.4. The van der Waals surface area contributed by atoms with Gasteiger partial charge in [0, 0.05) is 6.42 Å². The van der Waals surface area contributed by atoms with Crippen LogP contribution in [0.4, 0.5) is 0 Å². The Hall–Kier alpha value is -2.38. The van der Waals surface area contributed by atoms with Crippen LogP contribution in [-0.2, 0) is 25.6 Å². The molecular formula is C23H23ClO5S. The van der Waals surface area contributed by atoms with Gasteiger partial charge in [-0.2, -0.15) is 8.42 Å². The van der Waals surface area contributed by atoms with Crippen molar-refractivity contribution in [2.24, 2.45) is 0 Å². The lowest BCUT2D eigenvalue weighted by atomic mass is 10.2. The summed E-state index contributed by atoms with van der Waals surface area (Å²) < 4.78 is 42.4. The largest absolute Gasteiger partial charge is 0.464 e. The molecule has 3 rings (SSSR count). The van der Waals surface area contributed by atoms with Crippen LogP contribution in [0.1, 0.15) is 17.5 Å².